The molecular weight excluding hydrogens is 694 g/mol. The molecule has 1 atom stereocenters. The van der Waals surface area contributed by atoms with Gasteiger partial charge in [0.15, 0.2) is 0 Å². The first-order chi connectivity index (χ1) is 16.8. The minimum absolute atomic E-state index is 0. The molecule has 3 rings (SSSR count). The third-order valence-electron chi connectivity index (χ3n) is 5.36. The van der Waals surface area contributed by atoms with Crippen molar-refractivity contribution in [2.45, 2.75) is 13.3 Å². The summed E-state index contributed by atoms with van der Waals surface area (Å²) in [5, 5.41) is 14.7. The van der Waals surface area contributed by atoms with Crippen molar-refractivity contribution >= 4 is 34.8 Å². The number of carbonyl (C=O) groups excluding carboxylic acids is 1. The van der Waals surface area contributed by atoms with Gasteiger partial charge in [0.1, 0.15) is 6.26 Å². The van der Waals surface area contributed by atoms with Crippen molar-refractivity contribution in [1.29, 1.82) is 0 Å². The van der Waals surface area contributed by atoms with Gasteiger partial charge < -0.3 is 41.6 Å². The Bertz CT molecular complexity index is 1070. The van der Waals surface area contributed by atoms with Crippen molar-refractivity contribution in [3.05, 3.63) is 74.4 Å². The molecule has 0 bridgehead atoms. The van der Waals surface area contributed by atoms with Gasteiger partial charge in [0.2, 0.25) is 5.91 Å². The molecule has 1 unspecified atom stereocenters. The van der Waals surface area contributed by atoms with Gasteiger partial charge in [0.25, 0.3) is 0 Å². The summed E-state index contributed by atoms with van der Waals surface area (Å²) in [6, 6.07) is 5.40. The Morgan fingerprint density at radius 1 is 1.35 bits per heavy atom. The molecule has 3 heterocycles. The zero-order valence-corrected chi connectivity index (χ0v) is 26.2. The number of likely N-dealkylation sites (tertiary alicyclic amines) is 1. The molecule has 198 valence electrons. The average molecular weight is 733 g/mol. The standard InChI is InChI=1S/C14H21N4O.C11H14N4O.CH3.U/c1-10-4-5-18(8-10)9-14(19)17-12-6-13(15-3)11(2)16-7-12;1-14-5-9(4-12)8-2-3-11(15-6-8)10(13)7-16;;/h6-7,10,15H,1,4-5,8-9H2,2-3H3,(H,17,19);2-7,16H,12-13H2,1H3;1H3;/q-1;;-1;+2/b;9-4+,10-7-,14-5?;;. The van der Waals surface area contributed by atoms with Crippen LogP contribution >= 0.6 is 0 Å². The van der Waals surface area contributed by atoms with Gasteiger partial charge in [0.05, 0.1) is 41.2 Å². The van der Waals surface area contributed by atoms with Crippen LogP contribution in [0, 0.1) is 58.3 Å². The maximum Gasteiger partial charge on any atom is 2.00 e. The summed E-state index contributed by atoms with van der Waals surface area (Å²) < 4.78 is 0. The molecule has 0 radical (unpaired) electrons. The number of aromatic nitrogens is 2. The zero-order valence-electron chi connectivity index (χ0n) is 22.0. The fourth-order valence-corrected chi connectivity index (χ4v) is 3.47. The van der Waals surface area contributed by atoms with Crippen LogP contribution in [0.25, 0.3) is 11.3 Å². The second-order valence-corrected chi connectivity index (χ2v) is 8.07. The van der Waals surface area contributed by atoms with Crippen molar-refractivity contribution in [2.75, 3.05) is 44.4 Å². The molecule has 0 aliphatic carbocycles. The molecule has 1 fully saturated rings. The molecule has 0 aromatic carbocycles. The fourth-order valence-electron chi connectivity index (χ4n) is 3.47. The molecule has 0 spiro atoms. The Morgan fingerprint density at radius 2 is 2.08 bits per heavy atom. The Labute approximate surface area is 244 Å². The summed E-state index contributed by atoms with van der Waals surface area (Å²) in [5.74, 6) is 0.451. The van der Waals surface area contributed by atoms with E-state index in [0.29, 0.717) is 18.2 Å². The summed E-state index contributed by atoms with van der Waals surface area (Å²) >= 11 is 0. The molecule has 1 aliphatic heterocycles. The number of amides is 1. The topological polar surface area (TPSA) is 155 Å². The van der Waals surface area contributed by atoms with E-state index in [4.69, 9.17) is 16.6 Å². The van der Waals surface area contributed by atoms with Crippen molar-refractivity contribution in [3.63, 3.8) is 0 Å². The van der Waals surface area contributed by atoms with E-state index in [0.717, 1.165) is 54.0 Å². The molecule has 10 nitrogen and oxygen atoms in total. The molecule has 0 saturated carbocycles. The van der Waals surface area contributed by atoms with Crippen molar-refractivity contribution in [2.24, 2.45) is 22.4 Å². The first kappa shape index (κ1) is 34.1. The van der Waals surface area contributed by atoms with Crippen LogP contribution in [0.3, 0.4) is 0 Å². The number of hydrogen-bond acceptors (Lipinski definition) is 9. The SMILES string of the molecule is CN=C/C(=C\N)c1ccc(/C(N)=C/O)nc1.[CH2-]C1CCN(CC(=O)Nc2cnc(C)c(NC)c2)C1.[CH3-].[U+2]. The number of rotatable bonds is 7. The van der Waals surface area contributed by atoms with E-state index in [9.17, 15) is 4.79 Å². The number of aliphatic hydroxyl groups excluding tert-OH is 1. The Hall–Kier alpha value is -2.87. The van der Waals surface area contributed by atoms with Crippen LogP contribution < -0.4 is 22.1 Å². The average Bonchev–Trinajstić information content (AvgIpc) is 3.27. The van der Waals surface area contributed by atoms with Gasteiger partial charge in [-0.1, -0.05) is 12.5 Å². The number of aliphatic hydroxyl groups is 1. The Balaban J connectivity index is 0.000000674. The van der Waals surface area contributed by atoms with E-state index in [-0.39, 0.29) is 50.1 Å². The van der Waals surface area contributed by atoms with E-state index in [1.807, 2.05) is 20.0 Å². The van der Waals surface area contributed by atoms with Gasteiger partial charge in [-0.3, -0.25) is 24.7 Å². The van der Waals surface area contributed by atoms with E-state index in [1.165, 1.54) is 6.20 Å². The second kappa shape index (κ2) is 17.6. The van der Waals surface area contributed by atoms with Crippen LogP contribution in [0.4, 0.5) is 11.4 Å². The zero-order chi connectivity index (χ0) is 25.8. The maximum atomic E-state index is 11.9. The summed E-state index contributed by atoms with van der Waals surface area (Å²) in [5.41, 5.74) is 15.9. The summed E-state index contributed by atoms with van der Waals surface area (Å²) in [4.78, 5) is 26.3. The number of aryl methyl sites for hydroxylation is 1. The molecule has 37 heavy (non-hydrogen) atoms. The van der Waals surface area contributed by atoms with Crippen LogP contribution in [-0.4, -0.2) is 65.8 Å². The summed E-state index contributed by atoms with van der Waals surface area (Å²) in [6.07, 6.45) is 8.28. The van der Waals surface area contributed by atoms with Gasteiger partial charge in [-0.15, -0.1) is 0 Å². The van der Waals surface area contributed by atoms with Gasteiger partial charge >= 0.3 is 31.1 Å². The van der Waals surface area contributed by atoms with Gasteiger partial charge in [0, 0.05) is 43.8 Å². The molecule has 2 aromatic heterocycles. The number of nitrogens with zero attached hydrogens (tertiary/aromatic N) is 4. The van der Waals surface area contributed by atoms with Crippen molar-refractivity contribution < 1.29 is 41.0 Å². The number of allylic oxidation sites excluding steroid dienone is 1. The number of pyridine rings is 2. The number of anilines is 2. The smallest absolute Gasteiger partial charge is 0.513 e. The third kappa shape index (κ3) is 11.0. The third-order valence-corrected chi connectivity index (χ3v) is 5.36. The number of hydrogen-bond donors (Lipinski definition) is 5. The van der Waals surface area contributed by atoms with Gasteiger partial charge in [-0.2, -0.15) is 5.92 Å². The van der Waals surface area contributed by atoms with Crippen molar-refractivity contribution in [3.8, 4) is 0 Å². The number of carbonyl (C=O) groups is 1. The molecule has 1 saturated heterocycles. The van der Waals surface area contributed by atoms with Crippen LogP contribution in [0.15, 0.2) is 48.0 Å². The maximum absolute atomic E-state index is 11.9. The monoisotopic (exact) mass is 732 g/mol. The van der Waals surface area contributed by atoms with Gasteiger partial charge in [-0.25, -0.2) is 0 Å². The predicted octanol–water partition coefficient (Wildman–Crippen LogP) is 2.87. The van der Waals surface area contributed by atoms with E-state index in [1.54, 1.807) is 37.8 Å². The largest absolute Gasteiger partial charge is 2.00 e. The quantitative estimate of drug-likeness (QED) is 0.166. The van der Waals surface area contributed by atoms with Crippen molar-refractivity contribution in [1.82, 2.24) is 14.9 Å². The normalized spacial score (nSPS) is 15.7. The first-order valence-electron chi connectivity index (χ1n) is 11.2. The number of nitrogens with one attached hydrogen (secondary N) is 2. The van der Waals surface area contributed by atoms with Crippen LogP contribution in [0.5, 0.6) is 0 Å². The molecular formula is C26H38N8O2U. The van der Waals surface area contributed by atoms with Crippen LogP contribution in [0.1, 0.15) is 23.4 Å². The molecule has 7 N–H and O–H groups in total. The molecule has 11 heteroatoms. The molecule has 2 aromatic rings. The Morgan fingerprint density at radius 3 is 2.59 bits per heavy atom. The predicted molar refractivity (Wildman–Crippen MR) is 149 cm³/mol. The van der Waals surface area contributed by atoms with E-state index in [2.05, 4.69) is 37.4 Å². The van der Waals surface area contributed by atoms with E-state index >= 15 is 0 Å². The first-order valence-corrected chi connectivity index (χ1v) is 11.2. The minimum atomic E-state index is 0. The number of nitrogens with two attached hydrogens (primary N) is 2. The summed E-state index contributed by atoms with van der Waals surface area (Å²) in [6.45, 7) is 8.23. The fraction of sp³-hybridized carbons (Fsp3) is 0.308. The number of aliphatic imine (C=N–C) groups is 1. The van der Waals surface area contributed by atoms with Gasteiger partial charge in [-0.05, 0) is 32.1 Å². The molecule has 1 amide bonds. The second-order valence-electron chi connectivity index (χ2n) is 8.07. The minimum Gasteiger partial charge on any atom is -0.513 e. The Kier molecular flexibility index (Phi) is 16.2. The van der Waals surface area contributed by atoms with E-state index < -0.39 is 0 Å². The molecule has 1 aliphatic rings. The van der Waals surface area contributed by atoms with Crippen LogP contribution in [-0.2, 0) is 4.79 Å². The van der Waals surface area contributed by atoms with Crippen LogP contribution in [0.2, 0.25) is 0 Å². The summed E-state index contributed by atoms with van der Waals surface area (Å²) in [7, 11) is 3.51.